The van der Waals surface area contributed by atoms with Crippen molar-refractivity contribution in [2.24, 2.45) is 5.73 Å². The molecule has 0 spiro atoms. The van der Waals surface area contributed by atoms with Gasteiger partial charge in [-0.3, -0.25) is 4.79 Å². The quantitative estimate of drug-likeness (QED) is 0.589. The highest BCUT2D eigenvalue weighted by molar-refractivity contribution is 5.98. The number of aryl methyl sites for hydroxylation is 1. The van der Waals surface area contributed by atoms with Gasteiger partial charge in [-0.05, 0) is 43.3 Å². The zero-order chi connectivity index (χ0) is 19.8. The highest BCUT2D eigenvalue weighted by Crippen LogP contribution is 2.28. The summed E-state index contributed by atoms with van der Waals surface area (Å²) in [4.78, 5) is 21.1. The van der Waals surface area contributed by atoms with Gasteiger partial charge in [0.2, 0.25) is 0 Å². The van der Waals surface area contributed by atoms with Crippen molar-refractivity contribution < 1.29 is 13.9 Å². The first kappa shape index (κ1) is 17.7. The number of hydrogen-bond acceptors (Lipinski definition) is 4. The Labute approximate surface area is 160 Å². The molecular weight excluding hydrogens is 359 g/mol. The van der Waals surface area contributed by atoms with Crippen LogP contribution >= 0.6 is 0 Å². The van der Waals surface area contributed by atoms with E-state index in [1.54, 1.807) is 36.9 Å². The van der Waals surface area contributed by atoms with Crippen molar-refractivity contribution in [3.8, 4) is 23.0 Å². The van der Waals surface area contributed by atoms with E-state index in [1.807, 2.05) is 24.3 Å². The van der Waals surface area contributed by atoms with Crippen LogP contribution in [-0.4, -0.2) is 27.6 Å². The number of benzene rings is 2. The minimum absolute atomic E-state index is 0.216. The third-order valence-corrected chi connectivity index (χ3v) is 4.53. The normalized spacial score (nSPS) is 11.0. The number of amides is 1. The maximum atomic E-state index is 13.7. The molecular formula is C21H17FN4O2. The number of ether oxygens (including phenoxy) is 1. The molecule has 4 rings (SSSR count). The summed E-state index contributed by atoms with van der Waals surface area (Å²) in [6.07, 6.45) is 1.80. The molecule has 28 heavy (non-hydrogen) atoms. The molecule has 6 nitrogen and oxygen atoms in total. The number of halogens is 1. The molecule has 2 heterocycles. The molecule has 0 aliphatic carbocycles. The summed E-state index contributed by atoms with van der Waals surface area (Å²) in [7, 11) is 1.60. The monoisotopic (exact) mass is 376 g/mol. The Bertz CT molecular complexity index is 1220. The number of hydrogen-bond donors (Lipinski definition) is 1. The van der Waals surface area contributed by atoms with Crippen LogP contribution in [0.2, 0.25) is 0 Å². The Morgan fingerprint density at radius 3 is 2.68 bits per heavy atom. The van der Waals surface area contributed by atoms with Crippen molar-refractivity contribution in [3.63, 3.8) is 0 Å². The average molecular weight is 376 g/mol. The smallest absolute Gasteiger partial charge is 0.254 e. The molecule has 140 valence electrons. The van der Waals surface area contributed by atoms with Gasteiger partial charge in [0.1, 0.15) is 17.1 Å². The van der Waals surface area contributed by atoms with Crippen molar-refractivity contribution >= 4 is 16.8 Å². The number of nitrogens with two attached hydrogens (primary N) is 1. The molecule has 0 aliphatic heterocycles. The van der Waals surface area contributed by atoms with Gasteiger partial charge in [0.25, 0.3) is 5.91 Å². The van der Waals surface area contributed by atoms with Crippen LogP contribution in [0.3, 0.4) is 0 Å². The molecule has 0 radical (unpaired) electrons. The third-order valence-electron chi connectivity index (χ3n) is 4.53. The molecule has 0 bridgehead atoms. The van der Waals surface area contributed by atoms with Crippen LogP contribution in [0.25, 0.3) is 28.1 Å². The SMILES string of the molecule is COc1ccc2c(ccn2-c2nc(-c3cccc(F)c3)nc(C)c2C(N)=O)c1. The molecule has 2 aromatic carbocycles. The molecule has 1 amide bonds. The average Bonchev–Trinajstić information content (AvgIpc) is 3.10. The van der Waals surface area contributed by atoms with Gasteiger partial charge in [0, 0.05) is 17.1 Å². The molecule has 0 saturated carbocycles. The lowest BCUT2D eigenvalue weighted by molar-refractivity contribution is 0.0999. The summed E-state index contributed by atoms with van der Waals surface area (Å²) in [6, 6.07) is 13.5. The second-order valence-corrected chi connectivity index (χ2v) is 6.32. The third kappa shape index (κ3) is 2.96. The minimum Gasteiger partial charge on any atom is -0.497 e. The van der Waals surface area contributed by atoms with E-state index in [-0.39, 0.29) is 5.56 Å². The van der Waals surface area contributed by atoms with E-state index in [2.05, 4.69) is 9.97 Å². The Kier molecular flexibility index (Phi) is 4.27. The number of nitrogens with zero attached hydrogens (tertiary/aromatic N) is 3. The largest absolute Gasteiger partial charge is 0.497 e. The van der Waals surface area contributed by atoms with E-state index in [1.165, 1.54) is 12.1 Å². The van der Waals surface area contributed by atoms with Crippen LogP contribution in [-0.2, 0) is 0 Å². The van der Waals surface area contributed by atoms with Crippen molar-refractivity contribution in [1.29, 1.82) is 0 Å². The van der Waals surface area contributed by atoms with E-state index >= 15 is 0 Å². The molecule has 0 unspecified atom stereocenters. The van der Waals surface area contributed by atoms with Gasteiger partial charge in [-0.1, -0.05) is 12.1 Å². The van der Waals surface area contributed by atoms with Crippen LogP contribution in [0, 0.1) is 12.7 Å². The van der Waals surface area contributed by atoms with E-state index in [9.17, 15) is 9.18 Å². The predicted molar refractivity (Wildman–Crippen MR) is 104 cm³/mol. The second-order valence-electron chi connectivity index (χ2n) is 6.32. The molecule has 4 aromatic rings. The van der Waals surface area contributed by atoms with Crippen molar-refractivity contribution in [2.75, 3.05) is 7.11 Å². The topological polar surface area (TPSA) is 83.0 Å². The standard InChI is InChI=1S/C21H17FN4O2/c1-12-18(19(23)27)21(25-20(24-12)14-4-3-5-15(22)10-14)26-9-8-13-11-16(28-2)6-7-17(13)26/h3-11H,1-2H3,(H2,23,27). The number of methoxy groups -OCH3 is 1. The lowest BCUT2D eigenvalue weighted by Crippen LogP contribution is -2.19. The predicted octanol–water partition coefficient (Wildman–Crippen LogP) is 3.64. The summed E-state index contributed by atoms with van der Waals surface area (Å²) in [5, 5.41) is 0.915. The fourth-order valence-electron chi connectivity index (χ4n) is 3.21. The molecule has 0 aliphatic rings. The minimum atomic E-state index is -0.631. The van der Waals surface area contributed by atoms with Gasteiger partial charge in [-0.15, -0.1) is 0 Å². The van der Waals surface area contributed by atoms with Crippen molar-refractivity contribution in [2.45, 2.75) is 6.92 Å². The first-order chi connectivity index (χ1) is 13.5. The zero-order valence-corrected chi connectivity index (χ0v) is 15.3. The van der Waals surface area contributed by atoms with Crippen molar-refractivity contribution in [3.05, 3.63) is 71.8 Å². The van der Waals surface area contributed by atoms with E-state index in [0.29, 0.717) is 22.9 Å². The fraction of sp³-hybridized carbons (Fsp3) is 0.0952. The molecule has 0 atom stereocenters. The van der Waals surface area contributed by atoms with Crippen LogP contribution in [0.15, 0.2) is 54.7 Å². The van der Waals surface area contributed by atoms with Gasteiger partial charge >= 0.3 is 0 Å². The summed E-state index contributed by atoms with van der Waals surface area (Å²) in [5.41, 5.74) is 7.59. The van der Waals surface area contributed by atoms with Gasteiger partial charge < -0.3 is 15.0 Å². The Morgan fingerprint density at radius 1 is 1.14 bits per heavy atom. The first-order valence-corrected chi connectivity index (χ1v) is 8.58. The van der Waals surface area contributed by atoms with Gasteiger partial charge in [0.15, 0.2) is 11.6 Å². The number of carbonyl (C=O) groups is 1. The van der Waals surface area contributed by atoms with Crippen LogP contribution in [0.4, 0.5) is 4.39 Å². The lowest BCUT2D eigenvalue weighted by atomic mass is 10.1. The van der Waals surface area contributed by atoms with Crippen LogP contribution < -0.4 is 10.5 Å². The number of aromatic nitrogens is 3. The Hall–Kier alpha value is -3.74. The second kappa shape index (κ2) is 6.77. The highest BCUT2D eigenvalue weighted by Gasteiger charge is 2.20. The molecule has 0 fully saturated rings. The summed E-state index contributed by atoms with van der Waals surface area (Å²) >= 11 is 0. The summed E-state index contributed by atoms with van der Waals surface area (Å²) < 4.78 is 20.7. The van der Waals surface area contributed by atoms with Crippen LogP contribution in [0.5, 0.6) is 5.75 Å². The van der Waals surface area contributed by atoms with Crippen LogP contribution in [0.1, 0.15) is 16.1 Å². The molecule has 0 saturated heterocycles. The maximum absolute atomic E-state index is 13.7. The highest BCUT2D eigenvalue weighted by atomic mass is 19.1. The fourth-order valence-corrected chi connectivity index (χ4v) is 3.21. The summed E-state index contributed by atoms with van der Waals surface area (Å²) in [5.74, 6) is 0.359. The van der Waals surface area contributed by atoms with Crippen molar-refractivity contribution in [1.82, 2.24) is 14.5 Å². The van der Waals surface area contributed by atoms with E-state index < -0.39 is 11.7 Å². The first-order valence-electron chi connectivity index (χ1n) is 8.58. The molecule has 2 aromatic heterocycles. The molecule has 7 heteroatoms. The van der Waals surface area contributed by atoms with Gasteiger partial charge in [-0.2, -0.15) is 0 Å². The summed E-state index contributed by atoms with van der Waals surface area (Å²) in [6.45, 7) is 1.68. The number of primary amides is 1. The Balaban J connectivity index is 1.98. The van der Waals surface area contributed by atoms with Gasteiger partial charge in [0.05, 0.1) is 18.3 Å². The number of fused-ring (bicyclic) bond motifs is 1. The number of rotatable bonds is 4. The zero-order valence-electron chi connectivity index (χ0n) is 15.3. The number of carbonyl (C=O) groups excluding carboxylic acids is 1. The maximum Gasteiger partial charge on any atom is 0.254 e. The Morgan fingerprint density at radius 2 is 1.96 bits per heavy atom. The van der Waals surface area contributed by atoms with E-state index in [4.69, 9.17) is 10.5 Å². The lowest BCUT2D eigenvalue weighted by Gasteiger charge is -2.13. The molecule has 2 N–H and O–H groups in total. The van der Waals surface area contributed by atoms with Gasteiger partial charge in [-0.25, -0.2) is 14.4 Å². The van der Waals surface area contributed by atoms with E-state index in [0.717, 1.165) is 16.7 Å².